The molecule has 4 N–H and O–H groups in total. The van der Waals surface area contributed by atoms with E-state index >= 15 is 0 Å². The van der Waals surface area contributed by atoms with Gasteiger partial charge in [-0.15, -0.1) is 0 Å². The molecule has 2 saturated heterocycles. The van der Waals surface area contributed by atoms with Gasteiger partial charge in [-0.2, -0.15) is 0 Å². The highest BCUT2D eigenvalue weighted by atomic mass is 16.5. The minimum Gasteiger partial charge on any atom is -0.453 e. The van der Waals surface area contributed by atoms with Crippen molar-refractivity contribution in [1.29, 1.82) is 0 Å². The minimum atomic E-state index is -0.999. The summed E-state index contributed by atoms with van der Waals surface area (Å²) in [6, 6.07) is -3.72. The van der Waals surface area contributed by atoms with Crippen LogP contribution < -0.4 is 21.3 Å². The van der Waals surface area contributed by atoms with Gasteiger partial charge in [0, 0.05) is 12.6 Å². The molecule has 12 heteroatoms. The van der Waals surface area contributed by atoms with Gasteiger partial charge in [0.15, 0.2) is 0 Å². The van der Waals surface area contributed by atoms with Gasteiger partial charge in [-0.3, -0.25) is 24.0 Å². The highest BCUT2D eigenvalue weighted by molar-refractivity contribution is 6.38. The lowest BCUT2D eigenvalue weighted by Crippen LogP contribution is -2.62. The first-order valence-electron chi connectivity index (χ1n) is 15.6. The van der Waals surface area contributed by atoms with Crippen LogP contribution in [0.4, 0.5) is 4.79 Å². The van der Waals surface area contributed by atoms with E-state index in [0.717, 1.165) is 25.7 Å². The van der Waals surface area contributed by atoms with Crippen molar-refractivity contribution in [2.75, 3.05) is 13.7 Å². The number of carbonyl (C=O) groups is 6. The summed E-state index contributed by atoms with van der Waals surface area (Å²) in [5.41, 5.74) is -1.42. The van der Waals surface area contributed by atoms with Crippen LogP contribution in [0.5, 0.6) is 0 Å². The Labute approximate surface area is 254 Å². The molecule has 12 nitrogen and oxygen atoms in total. The number of Topliss-reactive ketones (excluding diaryl/α,β-unsaturated/α-hetero) is 1. The van der Waals surface area contributed by atoms with E-state index in [4.69, 9.17) is 4.74 Å². The van der Waals surface area contributed by atoms with Crippen molar-refractivity contribution in [2.45, 2.75) is 111 Å². The molecular formula is C31H49N5O7. The number of hydrogen-bond acceptors (Lipinski definition) is 7. The number of nitrogens with zero attached hydrogens (tertiary/aromatic N) is 1. The number of alkyl carbamates (subject to hydrolysis) is 1. The molecule has 4 fully saturated rings. The number of hydrogen-bond donors (Lipinski definition) is 4. The Bertz CT molecular complexity index is 1150. The molecule has 4 rings (SSSR count). The van der Waals surface area contributed by atoms with E-state index in [2.05, 4.69) is 21.3 Å². The van der Waals surface area contributed by atoms with Crippen molar-refractivity contribution < 1.29 is 33.5 Å². The van der Waals surface area contributed by atoms with Gasteiger partial charge < -0.3 is 30.9 Å². The highest BCUT2D eigenvalue weighted by Gasteiger charge is 2.60. The Hall–Kier alpha value is -3.18. The van der Waals surface area contributed by atoms with Gasteiger partial charge in [0.25, 0.3) is 5.91 Å². The lowest BCUT2D eigenvalue weighted by Gasteiger charge is -2.38. The Morgan fingerprint density at radius 2 is 1.58 bits per heavy atom. The first-order chi connectivity index (χ1) is 20.0. The molecule has 0 radical (unpaired) electrons. The SMILES string of the molecule is CCC1C2CC[C@H]3CN(C(=O)[C@@H](NC(=O)[C@@H](NC(=O)OC)C(C)(C)C)C(C)(C)C)[C@H](C(=O)N[C@@H]1C(=O)C(=O)NC1CC1)[C@@H]23. The maximum atomic E-state index is 14.4. The molecule has 4 aliphatic rings. The molecule has 5 amide bonds. The van der Waals surface area contributed by atoms with Gasteiger partial charge in [0.05, 0.1) is 7.11 Å². The number of likely N-dealkylation sites (tertiary alicyclic amines) is 1. The Balaban J connectivity index is 1.61. The number of ether oxygens (including phenoxy) is 1. The number of methoxy groups -OCH3 is 1. The minimum absolute atomic E-state index is 0.00312. The third-order valence-corrected chi connectivity index (χ3v) is 9.73. The van der Waals surface area contributed by atoms with Crippen molar-refractivity contribution >= 4 is 35.5 Å². The maximum Gasteiger partial charge on any atom is 0.407 e. The van der Waals surface area contributed by atoms with E-state index in [-0.39, 0.29) is 35.6 Å². The standard InChI is InChI=1S/C31H49N5O7/c1-9-17-18-13-10-15-14-36(21(19(15)18)25(38)33-20(17)22(37)26(39)32-16-11-12-16)28(41)24(31(5,6)7)34-27(40)23(30(2,3)4)35-29(42)43-8/h15-21,23-24H,9-14H2,1-8H3,(H,32,39)(H,33,38)(H,34,40)(H,35,42)/t15-,17?,18?,19+,20-,21-,23+,24+/m0/s1. The molecule has 2 unspecified atom stereocenters. The van der Waals surface area contributed by atoms with E-state index in [1.54, 1.807) is 25.7 Å². The van der Waals surface area contributed by atoms with Crippen LogP contribution in [-0.2, 0) is 28.7 Å². The third-order valence-electron chi connectivity index (χ3n) is 9.73. The summed E-state index contributed by atoms with van der Waals surface area (Å²) >= 11 is 0. The van der Waals surface area contributed by atoms with Crippen molar-refractivity contribution in [3.8, 4) is 0 Å². The molecule has 2 aliphatic carbocycles. The molecule has 43 heavy (non-hydrogen) atoms. The van der Waals surface area contributed by atoms with Gasteiger partial charge in [0.2, 0.25) is 23.5 Å². The fraction of sp³-hybridized carbons (Fsp3) is 0.806. The Morgan fingerprint density at radius 3 is 2.12 bits per heavy atom. The summed E-state index contributed by atoms with van der Waals surface area (Å²) in [5, 5.41) is 11.1. The lowest BCUT2D eigenvalue weighted by molar-refractivity contribution is -0.145. The first-order valence-corrected chi connectivity index (χ1v) is 15.6. The molecule has 8 atom stereocenters. The fourth-order valence-corrected chi connectivity index (χ4v) is 7.37. The average Bonchev–Trinajstić information content (AvgIpc) is 3.55. The monoisotopic (exact) mass is 603 g/mol. The van der Waals surface area contributed by atoms with Gasteiger partial charge in [-0.25, -0.2) is 4.79 Å². The molecule has 0 spiro atoms. The molecule has 2 saturated carbocycles. The molecular weight excluding hydrogens is 554 g/mol. The summed E-state index contributed by atoms with van der Waals surface area (Å²) in [4.78, 5) is 81.6. The zero-order chi connectivity index (χ0) is 32.0. The second-order valence-corrected chi connectivity index (χ2v) is 14.9. The van der Waals surface area contributed by atoms with Gasteiger partial charge in [-0.1, -0.05) is 54.9 Å². The Kier molecular flexibility index (Phi) is 9.19. The van der Waals surface area contributed by atoms with Crippen LogP contribution in [0.25, 0.3) is 0 Å². The van der Waals surface area contributed by atoms with Crippen LogP contribution in [0.3, 0.4) is 0 Å². The summed E-state index contributed by atoms with van der Waals surface area (Å²) in [6.45, 7) is 13.2. The van der Waals surface area contributed by atoms with Crippen LogP contribution in [0.2, 0.25) is 0 Å². The summed E-state index contributed by atoms with van der Waals surface area (Å²) in [6.07, 6.45) is 3.18. The summed E-state index contributed by atoms with van der Waals surface area (Å²) < 4.78 is 4.72. The van der Waals surface area contributed by atoms with Crippen LogP contribution in [0, 0.1) is 34.5 Å². The lowest BCUT2D eigenvalue weighted by atomic mass is 9.75. The van der Waals surface area contributed by atoms with Crippen molar-refractivity contribution in [3.05, 3.63) is 0 Å². The van der Waals surface area contributed by atoms with Crippen molar-refractivity contribution in [1.82, 2.24) is 26.2 Å². The molecule has 2 aliphatic heterocycles. The second kappa shape index (κ2) is 12.1. The number of nitrogens with one attached hydrogen (secondary N) is 4. The van der Waals surface area contributed by atoms with Crippen molar-refractivity contribution in [2.24, 2.45) is 34.5 Å². The zero-order valence-corrected chi connectivity index (χ0v) is 26.7. The molecule has 0 bridgehead atoms. The van der Waals surface area contributed by atoms with Crippen LogP contribution in [0.15, 0.2) is 0 Å². The van der Waals surface area contributed by atoms with E-state index < -0.39 is 64.6 Å². The predicted molar refractivity (Wildman–Crippen MR) is 157 cm³/mol. The summed E-state index contributed by atoms with van der Waals surface area (Å²) in [5.74, 6) is -2.92. The number of carbonyl (C=O) groups excluding carboxylic acids is 6. The maximum absolute atomic E-state index is 14.4. The van der Waals surface area contributed by atoms with Gasteiger partial charge in [0.1, 0.15) is 24.2 Å². The normalized spacial score (nSPS) is 29.9. The van der Waals surface area contributed by atoms with E-state index in [1.165, 1.54) is 7.11 Å². The quantitative estimate of drug-likeness (QED) is 0.306. The van der Waals surface area contributed by atoms with Gasteiger partial charge >= 0.3 is 6.09 Å². The number of amides is 5. The topological polar surface area (TPSA) is 163 Å². The van der Waals surface area contributed by atoms with Crippen LogP contribution in [0.1, 0.15) is 80.6 Å². The van der Waals surface area contributed by atoms with E-state index in [9.17, 15) is 28.8 Å². The van der Waals surface area contributed by atoms with Gasteiger partial charge in [-0.05, 0) is 60.2 Å². The fourth-order valence-electron chi connectivity index (χ4n) is 7.37. The smallest absolute Gasteiger partial charge is 0.407 e. The van der Waals surface area contributed by atoms with Crippen LogP contribution in [-0.4, -0.2) is 84.3 Å². The van der Waals surface area contributed by atoms with Crippen LogP contribution >= 0.6 is 0 Å². The molecule has 0 aromatic carbocycles. The molecule has 240 valence electrons. The zero-order valence-electron chi connectivity index (χ0n) is 26.7. The molecule has 0 aromatic heterocycles. The largest absolute Gasteiger partial charge is 0.453 e. The highest BCUT2D eigenvalue weighted by Crippen LogP contribution is 2.52. The summed E-state index contributed by atoms with van der Waals surface area (Å²) in [7, 11) is 1.21. The first kappa shape index (κ1) is 32.7. The van der Waals surface area contributed by atoms with E-state index in [0.29, 0.717) is 13.0 Å². The molecule has 0 aromatic rings. The third kappa shape index (κ3) is 6.67. The van der Waals surface area contributed by atoms with Crippen molar-refractivity contribution in [3.63, 3.8) is 0 Å². The average molecular weight is 604 g/mol. The second-order valence-electron chi connectivity index (χ2n) is 14.9. The Morgan fingerprint density at radius 1 is 0.953 bits per heavy atom. The number of ketones is 1. The number of rotatable bonds is 8. The molecule has 2 heterocycles. The van der Waals surface area contributed by atoms with E-state index in [1.807, 2.05) is 27.7 Å². The predicted octanol–water partition coefficient (Wildman–Crippen LogP) is 1.51.